The van der Waals surface area contributed by atoms with Crippen molar-refractivity contribution in [3.63, 3.8) is 0 Å². The lowest BCUT2D eigenvalue weighted by molar-refractivity contribution is 0.140. The number of nitrogens with one attached hydrogen (secondary N) is 1. The summed E-state index contributed by atoms with van der Waals surface area (Å²) >= 11 is 0. The summed E-state index contributed by atoms with van der Waals surface area (Å²) in [4.78, 5) is 0. The normalized spacial score (nSPS) is 25.7. The molecule has 2 N–H and O–H groups in total. The Kier molecular flexibility index (Phi) is 4.89. The molecule has 0 aromatic heterocycles. The Hall–Kier alpha value is -1.26. The zero-order valence-corrected chi connectivity index (χ0v) is 12.6. The summed E-state index contributed by atoms with van der Waals surface area (Å²) in [6, 6.07) is 5.96. The Morgan fingerprint density at radius 2 is 2.20 bits per heavy atom. The van der Waals surface area contributed by atoms with Crippen LogP contribution in [0.1, 0.15) is 31.7 Å². The van der Waals surface area contributed by atoms with E-state index in [1.807, 2.05) is 25.1 Å². The quantitative estimate of drug-likeness (QED) is 0.839. The van der Waals surface area contributed by atoms with Crippen molar-refractivity contribution in [1.82, 2.24) is 5.32 Å². The fourth-order valence-electron chi connectivity index (χ4n) is 2.96. The highest BCUT2D eigenvalue weighted by Crippen LogP contribution is 2.36. The molecule has 1 aliphatic carbocycles. The number of ether oxygens (including phenoxy) is 2. The number of methoxy groups -OCH3 is 1. The predicted molar refractivity (Wildman–Crippen MR) is 79.5 cm³/mol. The Morgan fingerprint density at radius 3 is 2.85 bits per heavy atom. The first-order valence-corrected chi connectivity index (χ1v) is 7.29. The van der Waals surface area contributed by atoms with Gasteiger partial charge < -0.3 is 19.9 Å². The second-order valence-electron chi connectivity index (χ2n) is 5.61. The second-order valence-corrected chi connectivity index (χ2v) is 5.61. The summed E-state index contributed by atoms with van der Waals surface area (Å²) < 4.78 is 11.5. The lowest BCUT2D eigenvalue weighted by atomic mass is 9.99. The van der Waals surface area contributed by atoms with Crippen molar-refractivity contribution < 1.29 is 14.6 Å². The molecule has 0 aliphatic heterocycles. The van der Waals surface area contributed by atoms with Crippen molar-refractivity contribution in [3.8, 4) is 11.5 Å². The highest BCUT2D eigenvalue weighted by Gasteiger charge is 2.39. The summed E-state index contributed by atoms with van der Waals surface area (Å²) in [6.45, 7) is 5.12. The number of aryl methyl sites for hydroxylation is 1. The molecule has 20 heavy (non-hydrogen) atoms. The minimum absolute atomic E-state index is 0.123. The molecule has 0 bridgehead atoms. The first-order valence-electron chi connectivity index (χ1n) is 7.29. The molecule has 112 valence electrons. The molecule has 1 aliphatic rings. The van der Waals surface area contributed by atoms with Gasteiger partial charge in [0.05, 0.1) is 13.7 Å². The lowest BCUT2D eigenvalue weighted by Gasteiger charge is -2.28. The molecule has 1 fully saturated rings. The third-order valence-electron chi connectivity index (χ3n) is 4.03. The maximum atomic E-state index is 9.63. The van der Waals surface area contributed by atoms with Crippen LogP contribution in [0.3, 0.4) is 0 Å². The van der Waals surface area contributed by atoms with Crippen LogP contribution in [-0.2, 0) is 0 Å². The highest BCUT2D eigenvalue weighted by molar-refractivity contribution is 5.42. The van der Waals surface area contributed by atoms with Gasteiger partial charge in [-0.05, 0) is 44.0 Å². The summed E-state index contributed by atoms with van der Waals surface area (Å²) in [5, 5.41) is 13.0. The first-order chi connectivity index (χ1) is 9.62. The molecule has 0 amide bonds. The van der Waals surface area contributed by atoms with Gasteiger partial charge in [0, 0.05) is 12.0 Å². The molecule has 0 radical (unpaired) electrons. The van der Waals surface area contributed by atoms with Crippen LogP contribution >= 0.6 is 0 Å². The van der Waals surface area contributed by atoms with Crippen molar-refractivity contribution in [1.29, 1.82) is 0 Å². The van der Waals surface area contributed by atoms with Gasteiger partial charge in [-0.1, -0.05) is 13.0 Å². The summed E-state index contributed by atoms with van der Waals surface area (Å²) in [6.07, 6.45) is 2.84. The molecule has 2 unspecified atom stereocenters. The molecule has 0 saturated heterocycles. The van der Waals surface area contributed by atoms with Gasteiger partial charge in [0.25, 0.3) is 0 Å². The Balaban J connectivity index is 2.05. The summed E-state index contributed by atoms with van der Waals surface area (Å²) in [5.41, 5.74) is 0.968. The Morgan fingerprint density at radius 1 is 1.40 bits per heavy atom. The maximum Gasteiger partial charge on any atom is 0.161 e. The van der Waals surface area contributed by atoms with E-state index >= 15 is 0 Å². The number of likely N-dealkylation sites (N-methyl/N-ethyl adjacent to an activating group) is 1. The van der Waals surface area contributed by atoms with E-state index in [9.17, 15) is 5.11 Å². The molecule has 2 rings (SSSR count). The fraction of sp³-hybridized carbons (Fsp3) is 0.625. The number of rotatable bonds is 6. The van der Waals surface area contributed by atoms with E-state index in [1.54, 1.807) is 7.11 Å². The number of hydrogen-bond acceptors (Lipinski definition) is 4. The standard InChI is InChI=1S/C16H25NO3/c1-4-17-16(11-18)8-7-13(10-16)20-14-6-5-12(2)9-15(14)19-3/h5-6,9,13,17-18H,4,7-8,10-11H2,1-3H3. The van der Waals surface area contributed by atoms with Gasteiger partial charge in [-0.3, -0.25) is 0 Å². The molecule has 1 aromatic rings. The smallest absolute Gasteiger partial charge is 0.161 e. The largest absolute Gasteiger partial charge is 0.493 e. The van der Waals surface area contributed by atoms with E-state index in [0.29, 0.717) is 0 Å². The molecule has 2 atom stereocenters. The number of aliphatic hydroxyl groups excluding tert-OH is 1. The van der Waals surface area contributed by atoms with Gasteiger partial charge in [0.15, 0.2) is 11.5 Å². The molecule has 1 saturated carbocycles. The summed E-state index contributed by atoms with van der Waals surface area (Å²) in [5.74, 6) is 1.56. The fourth-order valence-corrected chi connectivity index (χ4v) is 2.96. The Bertz CT molecular complexity index is 449. The molecule has 4 heteroatoms. The van der Waals surface area contributed by atoms with Crippen molar-refractivity contribution in [2.75, 3.05) is 20.3 Å². The van der Waals surface area contributed by atoms with Crippen LogP contribution in [0.4, 0.5) is 0 Å². The number of hydrogen-bond donors (Lipinski definition) is 2. The first kappa shape index (κ1) is 15.1. The zero-order valence-electron chi connectivity index (χ0n) is 12.6. The van der Waals surface area contributed by atoms with Crippen LogP contribution in [0, 0.1) is 6.92 Å². The number of aliphatic hydroxyl groups is 1. The molecule has 0 spiro atoms. The third kappa shape index (κ3) is 3.25. The SMILES string of the molecule is CCNC1(CO)CCC(Oc2ccc(C)cc2OC)C1. The summed E-state index contributed by atoms with van der Waals surface area (Å²) in [7, 11) is 1.66. The van der Waals surface area contributed by atoms with E-state index in [1.165, 1.54) is 0 Å². The van der Waals surface area contributed by atoms with Crippen LogP contribution in [0.2, 0.25) is 0 Å². The van der Waals surface area contributed by atoms with Crippen molar-refractivity contribution in [3.05, 3.63) is 23.8 Å². The van der Waals surface area contributed by atoms with E-state index in [0.717, 1.165) is 42.9 Å². The van der Waals surface area contributed by atoms with Gasteiger partial charge in [-0.15, -0.1) is 0 Å². The number of benzene rings is 1. The van der Waals surface area contributed by atoms with Crippen LogP contribution in [0.25, 0.3) is 0 Å². The lowest BCUT2D eigenvalue weighted by Crippen LogP contribution is -2.46. The van der Waals surface area contributed by atoms with E-state index in [2.05, 4.69) is 12.2 Å². The van der Waals surface area contributed by atoms with Gasteiger partial charge in [0.2, 0.25) is 0 Å². The van der Waals surface area contributed by atoms with Gasteiger partial charge >= 0.3 is 0 Å². The van der Waals surface area contributed by atoms with Crippen LogP contribution in [0.15, 0.2) is 18.2 Å². The second kappa shape index (κ2) is 6.46. The van der Waals surface area contributed by atoms with Crippen LogP contribution in [-0.4, -0.2) is 37.0 Å². The minimum atomic E-state index is -0.183. The topological polar surface area (TPSA) is 50.7 Å². The maximum absolute atomic E-state index is 9.63. The molecule has 0 heterocycles. The third-order valence-corrected chi connectivity index (χ3v) is 4.03. The van der Waals surface area contributed by atoms with Gasteiger partial charge in [-0.2, -0.15) is 0 Å². The predicted octanol–water partition coefficient (Wildman–Crippen LogP) is 2.28. The van der Waals surface area contributed by atoms with Gasteiger partial charge in [-0.25, -0.2) is 0 Å². The van der Waals surface area contributed by atoms with Crippen molar-refractivity contribution >= 4 is 0 Å². The molecule has 4 nitrogen and oxygen atoms in total. The van der Waals surface area contributed by atoms with Crippen LogP contribution in [0.5, 0.6) is 11.5 Å². The van der Waals surface area contributed by atoms with Crippen molar-refractivity contribution in [2.24, 2.45) is 0 Å². The average molecular weight is 279 g/mol. The average Bonchev–Trinajstić information content (AvgIpc) is 2.85. The molecule has 1 aromatic carbocycles. The molecular formula is C16H25NO3. The monoisotopic (exact) mass is 279 g/mol. The Labute approximate surface area is 121 Å². The van der Waals surface area contributed by atoms with Gasteiger partial charge in [0.1, 0.15) is 6.10 Å². The van der Waals surface area contributed by atoms with E-state index in [4.69, 9.17) is 9.47 Å². The molecular weight excluding hydrogens is 254 g/mol. The van der Waals surface area contributed by atoms with E-state index in [-0.39, 0.29) is 18.2 Å². The van der Waals surface area contributed by atoms with Crippen LogP contribution < -0.4 is 14.8 Å². The van der Waals surface area contributed by atoms with Crippen molar-refractivity contribution in [2.45, 2.75) is 44.8 Å². The minimum Gasteiger partial charge on any atom is -0.493 e. The van der Waals surface area contributed by atoms with E-state index < -0.39 is 0 Å². The zero-order chi connectivity index (χ0) is 14.6. The highest BCUT2D eigenvalue weighted by atomic mass is 16.5.